The van der Waals surface area contributed by atoms with Gasteiger partial charge >= 0.3 is 19.8 Å². The van der Waals surface area contributed by atoms with E-state index in [4.69, 9.17) is 18.5 Å². The summed E-state index contributed by atoms with van der Waals surface area (Å²) in [5.41, 5.74) is 0. The van der Waals surface area contributed by atoms with Crippen LogP contribution in [-0.4, -0.2) is 98.3 Å². The van der Waals surface area contributed by atoms with E-state index in [1.54, 1.807) is 0 Å². The third-order valence-corrected chi connectivity index (χ3v) is 11.9. The fourth-order valence-electron chi connectivity index (χ4n) is 7.04. The second kappa shape index (κ2) is 38.1. The lowest BCUT2D eigenvalue weighted by molar-refractivity contribution is -0.220. The van der Waals surface area contributed by atoms with Gasteiger partial charge in [0.25, 0.3) is 0 Å². The van der Waals surface area contributed by atoms with Crippen molar-refractivity contribution in [2.45, 2.75) is 230 Å². The van der Waals surface area contributed by atoms with E-state index in [2.05, 4.69) is 62.5 Å². The third-order valence-electron chi connectivity index (χ3n) is 10.9. The van der Waals surface area contributed by atoms with Crippen LogP contribution < -0.4 is 0 Å². The maximum absolute atomic E-state index is 12.8. The molecule has 1 fully saturated rings. The molecule has 0 heterocycles. The summed E-state index contributed by atoms with van der Waals surface area (Å²) in [5, 5.41) is 50.2. The number of ether oxygens (including phenoxy) is 2. The summed E-state index contributed by atoms with van der Waals surface area (Å²) in [6, 6.07) is 0. The Balaban J connectivity index is 2.47. The topological polar surface area (TPSA) is 210 Å². The molecule has 1 saturated carbocycles. The monoisotopic (exact) mass is 901 g/mol. The van der Waals surface area contributed by atoms with Gasteiger partial charge in [0.1, 0.15) is 43.2 Å². The SMILES string of the molecule is CCC/C=C/C/C=C/C/C=C/C/C=C/CCCCCC(=O)O[C@@H](COC(=O)CCCCCCCCCCCCCCCCCC)COP(=O)(O)OC1C(O)C(O)C(O)[C@H](O)C1O. The zero-order valence-corrected chi connectivity index (χ0v) is 39.0. The number of phosphoric ester groups is 1. The van der Waals surface area contributed by atoms with Crippen molar-refractivity contribution in [3.63, 3.8) is 0 Å². The van der Waals surface area contributed by atoms with E-state index in [0.29, 0.717) is 12.8 Å². The number of rotatable bonds is 39. The number of allylic oxidation sites excluding steroid dienone is 8. The average Bonchev–Trinajstić information content (AvgIpc) is 3.25. The van der Waals surface area contributed by atoms with E-state index in [1.165, 1.54) is 83.5 Å². The zero-order chi connectivity index (χ0) is 45.7. The lowest BCUT2D eigenvalue weighted by Gasteiger charge is -2.41. The number of unbranched alkanes of at least 4 members (excludes halogenated alkanes) is 19. The molecular weight excluding hydrogens is 815 g/mol. The van der Waals surface area contributed by atoms with Crippen LogP contribution in [0.15, 0.2) is 48.6 Å². The molecule has 1 rings (SSSR count). The summed E-state index contributed by atoms with van der Waals surface area (Å²) in [5.74, 6) is -1.13. The van der Waals surface area contributed by atoms with E-state index in [0.717, 1.165) is 64.2 Å². The number of carbonyl (C=O) groups is 2. The first-order valence-corrected chi connectivity index (χ1v) is 25.4. The molecule has 0 amide bonds. The normalized spacial score (nSPS) is 22.3. The highest BCUT2D eigenvalue weighted by Gasteiger charge is 2.51. The van der Waals surface area contributed by atoms with Crippen LogP contribution in [0.5, 0.6) is 0 Å². The van der Waals surface area contributed by atoms with Crippen molar-refractivity contribution in [1.82, 2.24) is 0 Å². The summed E-state index contributed by atoms with van der Waals surface area (Å²) in [4.78, 5) is 35.7. The van der Waals surface area contributed by atoms with Crippen molar-refractivity contribution in [1.29, 1.82) is 0 Å². The maximum Gasteiger partial charge on any atom is 0.472 e. The van der Waals surface area contributed by atoms with Crippen molar-refractivity contribution in [2.24, 2.45) is 0 Å². The Bertz CT molecular complexity index is 1270. The highest BCUT2D eigenvalue weighted by molar-refractivity contribution is 7.47. The van der Waals surface area contributed by atoms with Gasteiger partial charge in [0.2, 0.25) is 0 Å². The zero-order valence-electron chi connectivity index (χ0n) is 38.2. The average molecular weight is 901 g/mol. The van der Waals surface area contributed by atoms with Crippen molar-refractivity contribution in [2.75, 3.05) is 13.2 Å². The molecule has 0 aromatic heterocycles. The second-order valence-corrected chi connectivity index (χ2v) is 18.0. The molecule has 6 N–H and O–H groups in total. The Morgan fingerprint density at radius 1 is 0.500 bits per heavy atom. The maximum atomic E-state index is 12.8. The summed E-state index contributed by atoms with van der Waals surface area (Å²) in [7, 11) is -5.13. The first-order chi connectivity index (χ1) is 29.9. The van der Waals surface area contributed by atoms with E-state index >= 15 is 0 Å². The van der Waals surface area contributed by atoms with E-state index in [-0.39, 0.29) is 12.8 Å². The highest BCUT2D eigenvalue weighted by atomic mass is 31.2. The number of aliphatic hydroxyl groups is 5. The van der Waals surface area contributed by atoms with Gasteiger partial charge in [0, 0.05) is 12.8 Å². The van der Waals surface area contributed by atoms with E-state index in [1.807, 2.05) is 0 Å². The Hall–Kier alpha value is -2.19. The summed E-state index contributed by atoms with van der Waals surface area (Å²) in [6.45, 7) is 3.22. The Morgan fingerprint density at radius 3 is 1.39 bits per heavy atom. The van der Waals surface area contributed by atoms with Crippen LogP contribution >= 0.6 is 7.82 Å². The van der Waals surface area contributed by atoms with Gasteiger partial charge in [-0.05, 0) is 51.4 Å². The molecule has 0 aromatic rings. The molecule has 6 unspecified atom stereocenters. The smallest absolute Gasteiger partial charge is 0.462 e. The molecule has 14 heteroatoms. The third kappa shape index (κ3) is 30.0. The van der Waals surface area contributed by atoms with Crippen molar-refractivity contribution in [3.05, 3.63) is 48.6 Å². The van der Waals surface area contributed by atoms with Crippen molar-refractivity contribution < 1.29 is 63.1 Å². The van der Waals surface area contributed by atoms with Gasteiger partial charge in [-0.1, -0.05) is 172 Å². The van der Waals surface area contributed by atoms with Crippen LogP contribution in [0.1, 0.15) is 187 Å². The standard InChI is InChI=1S/C48H85O13P/c1-3-5-7-9-11-13-15-17-19-21-23-25-27-29-31-33-35-37-42(50)60-40(39-59-62(56,57)61-48-46(54)44(52)43(51)45(53)47(48)55)38-58-41(49)36-34-32-30-28-26-24-22-20-18-16-14-12-10-8-6-4-2/h7,9,13,15,19,21,25,27,40,43-48,51-55H,3-6,8,10-12,14,16-18,20,22-24,26,28-39H2,1-2H3,(H,56,57)/b9-7+,15-13+,21-19+,27-25+/t40-,43?,44-,45?,46?,47?,48?/m0/s1. The van der Waals surface area contributed by atoms with Crippen molar-refractivity contribution in [3.8, 4) is 0 Å². The van der Waals surface area contributed by atoms with Gasteiger partial charge in [0.15, 0.2) is 6.10 Å². The minimum Gasteiger partial charge on any atom is -0.462 e. The number of phosphoric acid groups is 1. The van der Waals surface area contributed by atoms with Crippen LogP contribution in [0.3, 0.4) is 0 Å². The lowest BCUT2D eigenvalue weighted by atomic mass is 9.85. The number of carbonyl (C=O) groups excluding carboxylic acids is 2. The fraction of sp³-hybridized carbons (Fsp3) is 0.792. The largest absolute Gasteiger partial charge is 0.472 e. The quantitative estimate of drug-likeness (QED) is 0.0147. The van der Waals surface area contributed by atoms with Crippen LogP contribution in [-0.2, 0) is 32.7 Å². The Morgan fingerprint density at radius 2 is 0.903 bits per heavy atom. The first-order valence-electron chi connectivity index (χ1n) is 23.9. The number of aliphatic hydroxyl groups excluding tert-OH is 5. The molecule has 8 atom stereocenters. The number of hydrogen-bond acceptors (Lipinski definition) is 12. The molecule has 62 heavy (non-hydrogen) atoms. The Kier molecular flexibility index (Phi) is 35.5. The molecule has 0 aliphatic heterocycles. The van der Waals surface area contributed by atoms with Crippen LogP contribution in [0.25, 0.3) is 0 Å². The van der Waals surface area contributed by atoms with E-state index < -0.39 is 75.7 Å². The Labute approximate surface area is 373 Å². The van der Waals surface area contributed by atoms with E-state index in [9.17, 15) is 44.6 Å². The second-order valence-electron chi connectivity index (χ2n) is 16.6. The molecule has 0 saturated heterocycles. The van der Waals surface area contributed by atoms with Crippen molar-refractivity contribution >= 4 is 19.8 Å². The predicted molar refractivity (Wildman–Crippen MR) is 244 cm³/mol. The van der Waals surface area contributed by atoms with Gasteiger partial charge in [-0.2, -0.15) is 0 Å². The molecule has 0 aromatic carbocycles. The molecule has 0 bridgehead atoms. The summed E-state index contributed by atoms with van der Waals surface area (Å²) in [6.07, 6.45) is 31.6. The van der Waals surface area contributed by atoms with Gasteiger partial charge in [0.05, 0.1) is 6.61 Å². The van der Waals surface area contributed by atoms with Gasteiger partial charge in [-0.3, -0.25) is 18.6 Å². The van der Waals surface area contributed by atoms with Gasteiger partial charge in [-0.25, -0.2) is 4.57 Å². The number of esters is 2. The minimum atomic E-state index is -5.13. The van der Waals surface area contributed by atoms with Crippen LogP contribution in [0.2, 0.25) is 0 Å². The molecule has 0 spiro atoms. The molecule has 13 nitrogen and oxygen atoms in total. The molecule has 1 aliphatic carbocycles. The summed E-state index contributed by atoms with van der Waals surface area (Å²) >= 11 is 0. The predicted octanol–water partition coefficient (Wildman–Crippen LogP) is 9.56. The molecule has 1 aliphatic rings. The minimum absolute atomic E-state index is 0.0594. The highest BCUT2D eigenvalue weighted by Crippen LogP contribution is 2.47. The van der Waals surface area contributed by atoms with Gasteiger partial charge < -0.3 is 39.9 Å². The van der Waals surface area contributed by atoms with Crippen LogP contribution in [0.4, 0.5) is 0 Å². The number of hydrogen-bond donors (Lipinski definition) is 6. The van der Waals surface area contributed by atoms with Gasteiger partial charge in [-0.15, -0.1) is 0 Å². The molecule has 0 radical (unpaired) electrons. The van der Waals surface area contributed by atoms with Crippen LogP contribution in [0, 0.1) is 0 Å². The molecular formula is C48H85O13P. The first kappa shape index (κ1) is 57.8. The molecule has 360 valence electrons. The fourth-order valence-corrected chi connectivity index (χ4v) is 8.02. The summed E-state index contributed by atoms with van der Waals surface area (Å²) < 4.78 is 33.5. The lowest BCUT2D eigenvalue weighted by Crippen LogP contribution is -2.64.